The second-order valence-corrected chi connectivity index (χ2v) is 5.84. The van der Waals surface area contributed by atoms with Crippen LogP contribution in [0.4, 0.5) is 0 Å². The summed E-state index contributed by atoms with van der Waals surface area (Å²) < 4.78 is 7.43. The van der Waals surface area contributed by atoms with Crippen LogP contribution in [0.1, 0.15) is 26.0 Å². The van der Waals surface area contributed by atoms with Crippen molar-refractivity contribution >= 4 is 11.8 Å². The topological polar surface area (TPSA) is 43.9 Å². The van der Waals surface area contributed by atoms with Crippen molar-refractivity contribution in [3.05, 3.63) is 30.7 Å². The number of thioether (sulfide) groups is 1. The maximum Gasteiger partial charge on any atom is 0.192 e. The van der Waals surface area contributed by atoms with Gasteiger partial charge >= 0.3 is 0 Å². The van der Waals surface area contributed by atoms with E-state index in [1.165, 1.54) is 0 Å². The summed E-state index contributed by atoms with van der Waals surface area (Å²) in [6.45, 7) is 10.8. The maximum atomic E-state index is 5.35. The summed E-state index contributed by atoms with van der Waals surface area (Å²) in [7, 11) is 0. The average molecular weight is 277 g/mol. The lowest BCUT2D eigenvalue weighted by molar-refractivity contribution is 0.534. The van der Waals surface area contributed by atoms with Crippen LogP contribution in [0.3, 0.4) is 0 Å². The molecular formula is C14H19N3OS. The number of nitrogens with zero attached hydrogens (tertiary/aromatic N) is 3. The largest absolute Gasteiger partial charge is 0.469 e. The lowest BCUT2D eigenvalue weighted by Gasteiger charge is -2.10. The van der Waals surface area contributed by atoms with E-state index in [0.717, 1.165) is 28.7 Å². The first-order chi connectivity index (χ1) is 9.17. The Balaban J connectivity index is 2.39. The third kappa shape index (κ3) is 2.92. The van der Waals surface area contributed by atoms with E-state index in [1.807, 2.05) is 19.1 Å². The molecule has 2 rings (SSSR count). The SMILES string of the molecule is C=CCn1c(SC(C)CC)nnc1-c1ccoc1C. The van der Waals surface area contributed by atoms with Crippen LogP contribution in [0.5, 0.6) is 0 Å². The number of furan rings is 1. The van der Waals surface area contributed by atoms with Gasteiger partial charge in [-0.05, 0) is 19.4 Å². The number of allylic oxidation sites excluding steroid dienone is 1. The highest BCUT2D eigenvalue weighted by atomic mass is 32.2. The van der Waals surface area contributed by atoms with Crippen LogP contribution >= 0.6 is 11.8 Å². The Bertz CT molecular complexity index is 559. The third-order valence-corrected chi connectivity index (χ3v) is 4.26. The summed E-state index contributed by atoms with van der Waals surface area (Å²) in [4.78, 5) is 0. The Hall–Kier alpha value is -1.49. The van der Waals surface area contributed by atoms with Crippen LogP contribution in [0.15, 0.2) is 34.6 Å². The summed E-state index contributed by atoms with van der Waals surface area (Å²) in [5.41, 5.74) is 0.991. The Kier molecular flexibility index (Phi) is 4.47. The molecule has 0 N–H and O–H groups in total. The van der Waals surface area contributed by atoms with Gasteiger partial charge in [0, 0.05) is 11.8 Å². The zero-order chi connectivity index (χ0) is 13.8. The van der Waals surface area contributed by atoms with Crippen LogP contribution in [0.25, 0.3) is 11.4 Å². The van der Waals surface area contributed by atoms with Crippen molar-refractivity contribution in [2.75, 3.05) is 0 Å². The zero-order valence-electron chi connectivity index (χ0n) is 11.6. The van der Waals surface area contributed by atoms with E-state index in [1.54, 1.807) is 18.0 Å². The third-order valence-electron chi connectivity index (χ3n) is 3.01. The standard InChI is InChI=1S/C14H19N3OS/c1-5-8-17-13(12-7-9-18-11(12)4)15-16-14(17)19-10(3)6-2/h5,7,9-10H,1,6,8H2,2-4H3. The Morgan fingerprint density at radius 1 is 1.53 bits per heavy atom. The Morgan fingerprint density at radius 2 is 2.32 bits per heavy atom. The fourth-order valence-corrected chi connectivity index (χ4v) is 2.65. The molecule has 0 aliphatic heterocycles. The summed E-state index contributed by atoms with van der Waals surface area (Å²) in [5.74, 6) is 1.70. The second-order valence-electron chi connectivity index (χ2n) is 4.43. The molecule has 0 radical (unpaired) electrons. The van der Waals surface area contributed by atoms with Crippen LogP contribution in [0.2, 0.25) is 0 Å². The fourth-order valence-electron chi connectivity index (χ4n) is 1.75. The zero-order valence-corrected chi connectivity index (χ0v) is 12.4. The molecular weight excluding hydrogens is 258 g/mol. The van der Waals surface area contributed by atoms with Crippen molar-refractivity contribution in [3.63, 3.8) is 0 Å². The maximum absolute atomic E-state index is 5.35. The van der Waals surface area contributed by atoms with Crippen molar-refractivity contribution in [3.8, 4) is 11.4 Å². The molecule has 0 spiro atoms. The molecule has 0 fully saturated rings. The van der Waals surface area contributed by atoms with Crippen molar-refractivity contribution < 1.29 is 4.42 Å². The molecule has 0 aliphatic carbocycles. The summed E-state index contributed by atoms with van der Waals surface area (Å²) in [6, 6.07) is 1.93. The number of hydrogen-bond donors (Lipinski definition) is 0. The van der Waals surface area contributed by atoms with Gasteiger partial charge in [0.05, 0.1) is 11.8 Å². The molecule has 2 heterocycles. The second kappa shape index (κ2) is 6.10. The lowest BCUT2D eigenvalue weighted by atomic mass is 10.2. The predicted octanol–water partition coefficient (Wildman–Crippen LogP) is 3.92. The van der Waals surface area contributed by atoms with E-state index in [4.69, 9.17) is 4.42 Å². The van der Waals surface area contributed by atoms with Crippen LogP contribution in [-0.2, 0) is 6.54 Å². The lowest BCUT2D eigenvalue weighted by Crippen LogP contribution is -2.03. The average Bonchev–Trinajstić information content (AvgIpc) is 2.97. The monoisotopic (exact) mass is 277 g/mol. The molecule has 5 heteroatoms. The first kappa shape index (κ1) is 13.9. The summed E-state index contributed by atoms with van der Waals surface area (Å²) in [6.07, 6.45) is 4.65. The van der Waals surface area contributed by atoms with E-state index < -0.39 is 0 Å². The molecule has 19 heavy (non-hydrogen) atoms. The molecule has 0 saturated heterocycles. The van der Waals surface area contributed by atoms with Crippen molar-refractivity contribution in [1.29, 1.82) is 0 Å². The van der Waals surface area contributed by atoms with E-state index in [9.17, 15) is 0 Å². The van der Waals surface area contributed by atoms with Gasteiger partial charge in [-0.25, -0.2) is 0 Å². The van der Waals surface area contributed by atoms with Gasteiger partial charge in [0.25, 0.3) is 0 Å². The minimum Gasteiger partial charge on any atom is -0.469 e. The van der Waals surface area contributed by atoms with E-state index in [2.05, 4.69) is 35.2 Å². The molecule has 102 valence electrons. The molecule has 0 saturated carbocycles. The van der Waals surface area contributed by atoms with Gasteiger partial charge in [0.1, 0.15) is 5.76 Å². The quantitative estimate of drug-likeness (QED) is 0.593. The van der Waals surface area contributed by atoms with Gasteiger partial charge in [-0.1, -0.05) is 31.7 Å². The molecule has 0 bridgehead atoms. The van der Waals surface area contributed by atoms with Gasteiger partial charge in [0.15, 0.2) is 11.0 Å². The van der Waals surface area contributed by atoms with Gasteiger partial charge in [-0.15, -0.1) is 16.8 Å². The van der Waals surface area contributed by atoms with Gasteiger partial charge < -0.3 is 4.42 Å². The first-order valence-electron chi connectivity index (χ1n) is 6.42. The van der Waals surface area contributed by atoms with Crippen LogP contribution in [-0.4, -0.2) is 20.0 Å². The molecule has 0 aliphatic rings. The molecule has 4 nitrogen and oxygen atoms in total. The van der Waals surface area contributed by atoms with Crippen molar-refractivity contribution in [2.24, 2.45) is 0 Å². The number of aromatic nitrogens is 3. The summed E-state index contributed by atoms with van der Waals surface area (Å²) in [5, 5.41) is 10.1. The smallest absolute Gasteiger partial charge is 0.192 e. The molecule has 2 aromatic heterocycles. The Labute approximate surface area is 117 Å². The van der Waals surface area contributed by atoms with Gasteiger partial charge in [-0.3, -0.25) is 4.57 Å². The highest BCUT2D eigenvalue weighted by Gasteiger charge is 2.17. The van der Waals surface area contributed by atoms with Crippen molar-refractivity contribution in [2.45, 2.75) is 44.1 Å². The molecule has 1 atom stereocenters. The number of hydrogen-bond acceptors (Lipinski definition) is 4. The number of aryl methyl sites for hydroxylation is 1. The highest BCUT2D eigenvalue weighted by molar-refractivity contribution is 7.99. The van der Waals surface area contributed by atoms with E-state index in [-0.39, 0.29) is 0 Å². The predicted molar refractivity (Wildman–Crippen MR) is 78.3 cm³/mol. The molecule has 0 aromatic carbocycles. The van der Waals surface area contributed by atoms with E-state index in [0.29, 0.717) is 11.8 Å². The molecule has 1 unspecified atom stereocenters. The van der Waals surface area contributed by atoms with Crippen molar-refractivity contribution in [1.82, 2.24) is 14.8 Å². The van der Waals surface area contributed by atoms with Gasteiger partial charge in [-0.2, -0.15) is 0 Å². The molecule has 2 aromatic rings. The number of rotatable bonds is 6. The highest BCUT2D eigenvalue weighted by Crippen LogP contribution is 2.29. The normalized spacial score (nSPS) is 12.6. The fraction of sp³-hybridized carbons (Fsp3) is 0.429. The van der Waals surface area contributed by atoms with Gasteiger partial charge in [0.2, 0.25) is 0 Å². The minimum atomic E-state index is 0.520. The Morgan fingerprint density at radius 3 is 2.89 bits per heavy atom. The van der Waals surface area contributed by atoms with E-state index >= 15 is 0 Å². The van der Waals surface area contributed by atoms with Crippen LogP contribution < -0.4 is 0 Å². The van der Waals surface area contributed by atoms with Crippen LogP contribution in [0, 0.1) is 6.92 Å². The first-order valence-corrected chi connectivity index (χ1v) is 7.30. The minimum absolute atomic E-state index is 0.520. The summed E-state index contributed by atoms with van der Waals surface area (Å²) >= 11 is 1.75. The molecule has 0 amide bonds.